The van der Waals surface area contributed by atoms with Crippen LogP contribution in [0.15, 0.2) is 0 Å². The molecular formula is C2H10Cl3N3. The Labute approximate surface area is 67.1 Å². The quantitative estimate of drug-likeness (QED) is 0.488. The van der Waals surface area contributed by atoms with Crippen LogP contribution < -0.4 is 16.4 Å². The maximum absolute atomic E-state index is 2.86. The summed E-state index contributed by atoms with van der Waals surface area (Å²) in [5.74, 6) is 0. The Kier molecular flexibility index (Phi) is 21.2. The number of hydrazine groups is 2. The smallest absolute Gasteiger partial charge is 0.0253 e. The van der Waals surface area contributed by atoms with E-state index in [1.807, 2.05) is 0 Å². The van der Waals surface area contributed by atoms with Crippen LogP contribution in [0.25, 0.3) is 0 Å². The summed E-state index contributed by atoms with van der Waals surface area (Å²) < 4.78 is 0. The summed E-state index contributed by atoms with van der Waals surface area (Å²) in [4.78, 5) is 0. The van der Waals surface area contributed by atoms with Gasteiger partial charge < -0.3 is 0 Å². The Balaban J connectivity index is -0.0000000833. The largest absolute Gasteiger partial charge is 0.243 e. The molecule has 0 aromatic rings. The van der Waals surface area contributed by atoms with Gasteiger partial charge in [0.25, 0.3) is 0 Å². The number of nitrogens with one attached hydrogen (secondary N) is 3. The average Bonchev–Trinajstić information content (AvgIpc) is 1.76. The molecule has 6 heteroatoms. The molecule has 0 aliphatic carbocycles. The lowest BCUT2D eigenvalue weighted by Crippen LogP contribution is -2.29. The van der Waals surface area contributed by atoms with Crippen LogP contribution in [-0.2, 0) is 0 Å². The summed E-state index contributed by atoms with van der Waals surface area (Å²) in [7, 11) is 0. The van der Waals surface area contributed by atoms with Crippen LogP contribution in [0, 0.1) is 0 Å². The molecule has 0 aromatic carbocycles. The summed E-state index contributed by atoms with van der Waals surface area (Å²) in [6, 6.07) is 0. The van der Waals surface area contributed by atoms with Gasteiger partial charge in [-0.2, -0.15) is 5.53 Å². The molecule has 1 heterocycles. The molecule has 0 aromatic heterocycles. The van der Waals surface area contributed by atoms with E-state index < -0.39 is 0 Å². The van der Waals surface area contributed by atoms with Crippen molar-refractivity contribution in [2.45, 2.75) is 0 Å². The number of hydrogen-bond acceptors (Lipinski definition) is 3. The molecule has 0 amide bonds. The van der Waals surface area contributed by atoms with Crippen LogP contribution in [0.2, 0.25) is 0 Å². The molecule has 3 N–H and O–H groups in total. The molecule has 0 spiro atoms. The van der Waals surface area contributed by atoms with Crippen molar-refractivity contribution in [3.63, 3.8) is 0 Å². The zero-order chi connectivity index (χ0) is 3.54. The lowest BCUT2D eigenvalue weighted by atomic mass is 10.7. The molecule has 0 unspecified atom stereocenters. The fourth-order valence-corrected chi connectivity index (χ4v) is 0.312. The molecule has 1 fully saturated rings. The molecule has 1 aliphatic heterocycles. The highest BCUT2D eigenvalue weighted by atomic mass is 35.5. The van der Waals surface area contributed by atoms with Crippen LogP contribution in [0.3, 0.4) is 0 Å². The molecule has 1 rings (SSSR count). The van der Waals surface area contributed by atoms with E-state index in [4.69, 9.17) is 0 Å². The molecule has 0 bridgehead atoms. The van der Waals surface area contributed by atoms with Gasteiger partial charge in [0.2, 0.25) is 0 Å². The lowest BCUT2D eigenvalue weighted by Gasteiger charge is -1.82. The zero-order valence-electron chi connectivity index (χ0n) is 4.14. The highest BCUT2D eigenvalue weighted by Crippen LogP contribution is 1.54. The topological polar surface area (TPSA) is 36.1 Å². The summed E-state index contributed by atoms with van der Waals surface area (Å²) in [5, 5.41) is 0. The summed E-state index contributed by atoms with van der Waals surface area (Å²) in [6.07, 6.45) is 0. The van der Waals surface area contributed by atoms with Gasteiger partial charge in [0.1, 0.15) is 0 Å². The third-order valence-corrected chi connectivity index (χ3v) is 0.552. The Bertz CT molecular complexity index is 24.1. The summed E-state index contributed by atoms with van der Waals surface area (Å²) >= 11 is 0. The molecule has 3 nitrogen and oxygen atoms in total. The fraction of sp³-hybridized carbons (Fsp3) is 1.00. The highest BCUT2D eigenvalue weighted by molar-refractivity contribution is 5.86. The maximum Gasteiger partial charge on any atom is 0.0253 e. The summed E-state index contributed by atoms with van der Waals surface area (Å²) in [6.45, 7) is 2.06. The van der Waals surface area contributed by atoms with E-state index in [9.17, 15) is 0 Å². The van der Waals surface area contributed by atoms with Crippen molar-refractivity contribution in [2.75, 3.05) is 13.1 Å². The first kappa shape index (κ1) is 15.9. The minimum Gasteiger partial charge on any atom is -0.243 e. The molecule has 0 saturated carbocycles. The first-order valence-electron chi connectivity index (χ1n) is 1.71. The van der Waals surface area contributed by atoms with Gasteiger partial charge in [-0.25, -0.2) is 10.9 Å². The third kappa shape index (κ3) is 6.75. The van der Waals surface area contributed by atoms with Crippen molar-refractivity contribution in [3.05, 3.63) is 0 Å². The standard InChI is InChI=1S/C2H7N3.3ClH/c1-2-4-5-3-1;;;/h3-5H,1-2H2;3*1H. The highest BCUT2D eigenvalue weighted by Gasteiger charge is 1.89. The lowest BCUT2D eigenvalue weighted by molar-refractivity contribution is 0.592. The van der Waals surface area contributed by atoms with Crippen LogP contribution in [0.4, 0.5) is 0 Å². The van der Waals surface area contributed by atoms with Crippen molar-refractivity contribution >= 4 is 37.2 Å². The van der Waals surface area contributed by atoms with E-state index in [-0.39, 0.29) is 37.2 Å². The molecule has 1 aliphatic rings. The molecule has 1 saturated heterocycles. The van der Waals surface area contributed by atoms with Crippen molar-refractivity contribution in [3.8, 4) is 0 Å². The maximum atomic E-state index is 2.86. The number of rotatable bonds is 0. The minimum atomic E-state index is 0. The second-order valence-corrected chi connectivity index (χ2v) is 0.979. The van der Waals surface area contributed by atoms with Gasteiger partial charge in [-0.05, 0) is 0 Å². The van der Waals surface area contributed by atoms with Crippen LogP contribution in [0.5, 0.6) is 0 Å². The predicted molar refractivity (Wildman–Crippen MR) is 40.9 cm³/mol. The van der Waals surface area contributed by atoms with Gasteiger partial charge in [0.15, 0.2) is 0 Å². The Morgan fingerprint density at radius 3 is 1.25 bits per heavy atom. The normalized spacial score (nSPS) is 15.0. The predicted octanol–water partition coefficient (Wildman–Crippen LogP) is -0.136. The van der Waals surface area contributed by atoms with Crippen LogP contribution in [0.1, 0.15) is 0 Å². The zero-order valence-corrected chi connectivity index (χ0v) is 6.59. The van der Waals surface area contributed by atoms with E-state index in [0.717, 1.165) is 13.1 Å². The van der Waals surface area contributed by atoms with Gasteiger partial charge in [0, 0.05) is 13.1 Å². The van der Waals surface area contributed by atoms with Crippen molar-refractivity contribution in [1.29, 1.82) is 0 Å². The van der Waals surface area contributed by atoms with Gasteiger partial charge in [-0.15, -0.1) is 37.2 Å². The van der Waals surface area contributed by atoms with Crippen molar-refractivity contribution in [1.82, 2.24) is 16.4 Å². The Morgan fingerprint density at radius 1 is 0.750 bits per heavy atom. The van der Waals surface area contributed by atoms with Gasteiger partial charge in [-0.1, -0.05) is 0 Å². The van der Waals surface area contributed by atoms with Gasteiger partial charge in [0.05, 0.1) is 0 Å². The van der Waals surface area contributed by atoms with E-state index >= 15 is 0 Å². The van der Waals surface area contributed by atoms with E-state index in [2.05, 4.69) is 16.4 Å². The summed E-state index contributed by atoms with van der Waals surface area (Å²) in [5.41, 5.74) is 8.44. The Hall–Kier alpha value is 0.750. The first-order chi connectivity index (χ1) is 2.50. The van der Waals surface area contributed by atoms with Crippen LogP contribution >= 0.6 is 37.2 Å². The fourth-order valence-electron chi connectivity index (χ4n) is 0.312. The Morgan fingerprint density at radius 2 is 1.12 bits per heavy atom. The number of hydrogen-bond donors (Lipinski definition) is 3. The molecule has 0 radical (unpaired) electrons. The number of halogens is 3. The van der Waals surface area contributed by atoms with Gasteiger partial charge in [-0.3, -0.25) is 0 Å². The molecule has 0 atom stereocenters. The van der Waals surface area contributed by atoms with E-state index in [1.165, 1.54) is 0 Å². The SMILES string of the molecule is C1CNNN1.Cl.Cl.Cl. The molecule has 54 valence electrons. The second-order valence-electron chi connectivity index (χ2n) is 0.979. The monoisotopic (exact) mass is 181 g/mol. The first-order valence-corrected chi connectivity index (χ1v) is 1.71. The second kappa shape index (κ2) is 10.7. The van der Waals surface area contributed by atoms with E-state index in [1.54, 1.807) is 0 Å². The van der Waals surface area contributed by atoms with Crippen LogP contribution in [-0.4, -0.2) is 13.1 Å². The van der Waals surface area contributed by atoms with Crippen molar-refractivity contribution in [2.24, 2.45) is 0 Å². The molecular weight excluding hydrogens is 172 g/mol. The third-order valence-electron chi connectivity index (χ3n) is 0.552. The average molecular weight is 182 g/mol. The van der Waals surface area contributed by atoms with E-state index in [0.29, 0.717) is 0 Å². The van der Waals surface area contributed by atoms with Gasteiger partial charge >= 0.3 is 0 Å². The van der Waals surface area contributed by atoms with Crippen molar-refractivity contribution < 1.29 is 0 Å². The minimum absolute atomic E-state index is 0. The molecule has 8 heavy (non-hydrogen) atoms.